The average molecular weight is 631 g/mol. The third kappa shape index (κ3) is 5.62. The Hall–Kier alpha value is -5.12. The number of hydrogen-bond acceptors (Lipinski definition) is 7. The number of aromatic nitrogens is 10. The van der Waals surface area contributed by atoms with E-state index in [0.29, 0.717) is 32.6 Å². The summed E-state index contributed by atoms with van der Waals surface area (Å²) in [5.41, 5.74) is 0.890. The fourth-order valence-electron chi connectivity index (χ4n) is 4.62. The maximum atomic E-state index is 15.3. The van der Waals surface area contributed by atoms with Crippen molar-refractivity contribution in [2.45, 2.75) is 25.2 Å². The van der Waals surface area contributed by atoms with Crippen molar-refractivity contribution in [1.29, 1.82) is 0 Å². The standard InChI is InChI=1S/C27H17ClF6N10/c28-18-3-5-20(44-14-38-40-41-44)24(25(18)29)16-2-4-19(36-9-16)21(7-15-1-6-23(37-8-15)27(32,33)34)43-12-17(10-39-43)22-11-35-13-42(22)26(30)31/h1-6,8-14,21,26H,7H2/t21-/m1/s1. The molecule has 224 valence electrons. The Balaban J connectivity index is 1.40. The van der Waals surface area contributed by atoms with Crippen molar-refractivity contribution in [2.24, 2.45) is 0 Å². The highest BCUT2D eigenvalue weighted by molar-refractivity contribution is 6.31. The first-order valence-electron chi connectivity index (χ1n) is 12.6. The molecule has 0 saturated heterocycles. The summed E-state index contributed by atoms with van der Waals surface area (Å²) in [6.45, 7) is -2.84. The molecule has 0 N–H and O–H groups in total. The van der Waals surface area contributed by atoms with Crippen LogP contribution in [0.15, 0.2) is 80.0 Å². The lowest BCUT2D eigenvalue weighted by atomic mass is 10.0. The molecule has 17 heteroatoms. The van der Waals surface area contributed by atoms with Gasteiger partial charge in [0.15, 0.2) is 5.82 Å². The van der Waals surface area contributed by atoms with E-state index in [1.54, 1.807) is 18.2 Å². The van der Waals surface area contributed by atoms with Gasteiger partial charge in [0.2, 0.25) is 0 Å². The maximum absolute atomic E-state index is 15.3. The Kier molecular flexibility index (Phi) is 7.59. The van der Waals surface area contributed by atoms with E-state index in [1.807, 2.05) is 0 Å². The molecule has 10 nitrogen and oxygen atoms in total. The molecule has 0 fully saturated rings. The second-order valence-electron chi connectivity index (χ2n) is 9.42. The highest BCUT2D eigenvalue weighted by atomic mass is 35.5. The van der Waals surface area contributed by atoms with Crippen LogP contribution in [-0.4, -0.2) is 49.5 Å². The molecule has 0 amide bonds. The molecule has 6 aromatic rings. The molecule has 0 unspecified atom stereocenters. The number of nitrogens with zero attached hydrogens (tertiary/aromatic N) is 10. The topological polar surface area (TPSA) is 105 Å². The zero-order valence-corrected chi connectivity index (χ0v) is 22.7. The number of benzene rings is 1. The molecule has 5 aromatic heterocycles. The zero-order chi connectivity index (χ0) is 31.0. The van der Waals surface area contributed by atoms with Gasteiger partial charge in [-0.05, 0) is 40.3 Å². The SMILES string of the molecule is Fc1c(Cl)ccc(-n2cnnn2)c1-c1ccc([C@@H](Cc2ccc(C(F)(F)F)nc2)n2cc(-c3cncn3C(F)F)cn2)nc1. The van der Waals surface area contributed by atoms with Gasteiger partial charge in [-0.25, -0.2) is 9.37 Å². The number of halogens is 7. The Morgan fingerprint density at radius 1 is 0.886 bits per heavy atom. The molecule has 44 heavy (non-hydrogen) atoms. The molecule has 0 aliphatic rings. The summed E-state index contributed by atoms with van der Waals surface area (Å²) in [5.74, 6) is -0.728. The van der Waals surface area contributed by atoms with Gasteiger partial charge in [-0.15, -0.1) is 5.10 Å². The summed E-state index contributed by atoms with van der Waals surface area (Å²) in [4.78, 5) is 11.8. The minimum Gasteiger partial charge on any atom is -0.273 e. The lowest BCUT2D eigenvalue weighted by Crippen LogP contribution is -2.16. The Bertz CT molecular complexity index is 1880. The summed E-state index contributed by atoms with van der Waals surface area (Å²) in [5, 5.41) is 15.2. The van der Waals surface area contributed by atoms with Crippen LogP contribution >= 0.6 is 11.6 Å². The molecule has 1 atom stereocenters. The van der Waals surface area contributed by atoms with Crippen LogP contribution in [0, 0.1) is 5.82 Å². The molecule has 6 rings (SSSR count). The van der Waals surface area contributed by atoms with Gasteiger partial charge in [0.25, 0.3) is 0 Å². The van der Waals surface area contributed by atoms with Crippen LogP contribution in [0.1, 0.15) is 29.5 Å². The smallest absolute Gasteiger partial charge is 0.273 e. The Morgan fingerprint density at radius 2 is 1.73 bits per heavy atom. The van der Waals surface area contributed by atoms with Crippen LogP contribution in [0.25, 0.3) is 28.1 Å². The lowest BCUT2D eigenvalue weighted by Gasteiger charge is -2.19. The molecule has 0 aliphatic carbocycles. The van der Waals surface area contributed by atoms with Crippen LogP contribution < -0.4 is 0 Å². The van der Waals surface area contributed by atoms with E-state index in [9.17, 15) is 22.0 Å². The molecule has 0 saturated carbocycles. The van der Waals surface area contributed by atoms with Crippen LogP contribution in [-0.2, 0) is 12.6 Å². The van der Waals surface area contributed by atoms with Crippen molar-refractivity contribution in [2.75, 3.05) is 0 Å². The predicted molar refractivity (Wildman–Crippen MR) is 143 cm³/mol. The largest absolute Gasteiger partial charge is 0.433 e. The summed E-state index contributed by atoms with van der Waals surface area (Å²) < 4.78 is 84.9. The summed E-state index contributed by atoms with van der Waals surface area (Å²) in [6, 6.07) is 7.49. The summed E-state index contributed by atoms with van der Waals surface area (Å²) in [7, 11) is 0. The van der Waals surface area contributed by atoms with E-state index < -0.39 is 30.3 Å². The predicted octanol–water partition coefficient (Wildman–Crippen LogP) is 6.22. The van der Waals surface area contributed by atoms with E-state index in [4.69, 9.17) is 11.6 Å². The van der Waals surface area contributed by atoms with E-state index in [2.05, 4.69) is 35.6 Å². The van der Waals surface area contributed by atoms with Crippen molar-refractivity contribution >= 4 is 11.6 Å². The molecular weight excluding hydrogens is 614 g/mol. The highest BCUT2D eigenvalue weighted by Crippen LogP contribution is 2.34. The second kappa shape index (κ2) is 11.5. The second-order valence-corrected chi connectivity index (χ2v) is 9.83. The van der Waals surface area contributed by atoms with Gasteiger partial charge in [-0.2, -0.15) is 31.7 Å². The van der Waals surface area contributed by atoms with E-state index >= 15 is 4.39 Å². The first-order valence-corrected chi connectivity index (χ1v) is 13.0. The monoisotopic (exact) mass is 630 g/mol. The Morgan fingerprint density at radius 3 is 2.39 bits per heavy atom. The third-order valence-electron chi connectivity index (χ3n) is 6.72. The molecule has 1 aromatic carbocycles. The quantitative estimate of drug-likeness (QED) is 0.184. The number of alkyl halides is 5. The van der Waals surface area contributed by atoms with E-state index in [1.165, 1.54) is 52.6 Å². The first kappa shape index (κ1) is 29.0. The van der Waals surface area contributed by atoms with Crippen molar-refractivity contribution in [3.05, 3.63) is 108 Å². The van der Waals surface area contributed by atoms with E-state index in [-0.39, 0.29) is 22.7 Å². The molecule has 0 spiro atoms. The number of tetrazole rings is 1. The van der Waals surface area contributed by atoms with Crippen molar-refractivity contribution in [1.82, 2.24) is 49.5 Å². The molecular formula is C27H17ClF6N10. The third-order valence-corrected chi connectivity index (χ3v) is 7.01. The van der Waals surface area contributed by atoms with Gasteiger partial charge >= 0.3 is 12.7 Å². The van der Waals surface area contributed by atoms with Gasteiger partial charge in [0, 0.05) is 41.7 Å². The number of hydrogen-bond donors (Lipinski definition) is 0. The van der Waals surface area contributed by atoms with Gasteiger partial charge in [0.1, 0.15) is 12.0 Å². The van der Waals surface area contributed by atoms with Crippen molar-refractivity contribution in [3.8, 4) is 28.1 Å². The lowest BCUT2D eigenvalue weighted by molar-refractivity contribution is -0.141. The van der Waals surface area contributed by atoms with Crippen LogP contribution in [0.4, 0.5) is 26.3 Å². The highest BCUT2D eigenvalue weighted by Gasteiger charge is 2.32. The number of pyridine rings is 2. The minimum atomic E-state index is -4.61. The van der Waals surface area contributed by atoms with Crippen molar-refractivity contribution < 1.29 is 26.3 Å². The maximum Gasteiger partial charge on any atom is 0.433 e. The molecule has 0 aliphatic heterocycles. The van der Waals surface area contributed by atoms with E-state index in [0.717, 1.165) is 18.6 Å². The fraction of sp³-hybridized carbons (Fsp3) is 0.148. The van der Waals surface area contributed by atoms with Gasteiger partial charge in [-0.3, -0.25) is 19.2 Å². The number of imidazole rings is 1. The zero-order valence-electron chi connectivity index (χ0n) is 22.0. The van der Waals surface area contributed by atoms with Crippen LogP contribution in [0.3, 0.4) is 0 Å². The molecule has 0 radical (unpaired) electrons. The fourth-order valence-corrected chi connectivity index (χ4v) is 4.78. The molecule has 0 bridgehead atoms. The van der Waals surface area contributed by atoms with Gasteiger partial charge in [-0.1, -0.05) is 23.7 Å². The van der Waals surface area contributed by atoms with Crippen LogP contribution in [0.5, 0.6) is 0 Å². The van der Waals surface area contributed by atoms with Crippen molar-refractivity contribution in [3.63, 3.8) is 0 Å². The number of rotatable bonds is 8. The molecule has 5 heterocycles. The van der Waals surface area contributed by atoms with Crippen LogP contribution in [0.2, 0.25) is 5.02 Å². The summed E-state index contributed by atoms with van der Waals surface area (Å²) >= 11 is 6.07. The Labute approximate surface area is 248 Å². The van der Waals surface area contributed by atoms with Gasteiger partial charge in [0.05, 0.1) is 46.9 Å². The summed E-state index contributed by atoms with van der Waals surface area (Å²) in [6.07, 6.45) is 4.36. The first-order chi connectivity index (χ1) is 21.1. The van der Waals surface area contributed by atoms with Gasteiger partial charge < -0.3 is 0 Å². The minimum absolute atomic E-state index is 0.0775. The normalized spacial score (nSPS) is 12.6. The average Bonchev–Trinajstić information content (AvgIpc) is 3.79.